The molecule has 0 N–H and O–H groups in total. The van der Waals surface area contributed by atoms with Gasteiger partial charge in [-0.1, -0.05) is 60.3 Å². The second kappa shape index (κ2) is 8.44. The quantitative estimate of drug-likeness (QED) is 0.608. The van der Waals surface area contributed by atoms with Gasteiger partial charge < -0.3 is 4.90 Å². The Morgan fingerprint density at radius 1 is 0.926 bits per heavy atom. The molecule has 1 aromatic heterocycles. The van der Waals surface area contributed by atoms with Crippen LogP contribution < -0.4 is 0 Å². The molecule has 27 heavy (non-hydrogen) atoms. The van der Waals surface area contributed by atoms with Crippen LogP contribution in [0.2, 0.25) is 0 Å². The van der Waals surface area contributed by atoms with Crippen molar-refractivity contribution in [1.29, 1.82) is 0 Å². The lowest BCUT2D eigenvalue weighted by Gasteiger charge is -2.26. The molecular formula is C22H23N3OS. The Hall–Kier alpha value is -2.53. The zero-order valence-electron chi connectivity index (χ0n) is 15.3. The summed E-state index contributed by atoms with van der Waals surface area (Å²) in [4.78, 5) is 19.4. The molecule has 2 heterocycles. The van der Waals surface area contributed by atoms with Gasteiger partial charge in [-0.3, -0.25) is 9.36 Å². The first kappa shape index (κ1) is 17.9. The monoisotopic (exact) mass is 377 g/mol. The molecular weight excluding hydrogens is 354 g/mol. The first-order chi connectivity index (χ1) is 13.3. The maximum Gasteiger partial charge on any atom is 0.233 e. The van der Waals surface area contributed by atoms with E-state index in [1.165, 1.54) is 18.2 Å². The Bertz CT molecular complexity index is 886. The molecule has 0 atom stereocenters. The van der Waals surface area contributed by atoms with Crippen molar-refractivity contribution in [3.8, 4) is 16.9 Å². The van der Waals surface area contributed by atoms with E-state index < -0.39 is 0 Å². The van der Waals surface area contributed by atoms with Crippen molar-refractivity contribution >= 4 is 17.7 Å². The summed E-state index contributed by atoms with van der Waals surface area (Å²) in [6, 6.07) is 20.3. The first-order valence-corrected chi connectivity index (χ1v) is 10.4. The van der Waals surface area contributed by atoms with Gasteiger partial charge in [-0.2, -0.15) is 0 Å². The molecule has 5 heteroatoms. The van der Waals surface area contributed by atoms with Gasteiger partial charge in [0.15, 0.2) is 5.16 Å². The lowest BCUT2D eigenvalue weighted by atomic mass is 10.1. The van der Waals surface area contributed by atoms with Crippen LogP contribution in [0.5, 0.6) is 0 Å². The number of benzene rings is 2. The molecule has 0 saturated carbocycles. The summed E-state index contributed by atoms with van der Waals surface area (Å²) in [5, 5.41) is 0.852. The molecule has 0 radical (unpaired) electrons. The Labute approximate surface area is 164 Å². The summed E-state index contributed by atoms with van der Waals surface area (Å²) in [6.45, 7) is 1.78. The minimum Gasteiger partial charge on any atom is -0.342 e. The molecule has 0 bridgehead atoms. The number of para-hydroxylation sites is 1. The van der Waals surface area contributed by atoms with Gasteiger partial charge in [-0.25, -0.2) is 4.98 Å². The van der Waals surface area contributed by atoms with Crippen LogP contribution in [0.25, 0.3) is 16.9 Å². The van der Waals surface area contributed by atoms with E-state index in [0.717, 1.165) is 48.0 Å². The van der Waals surface area contributed by atoms with Crippen molar-refractivity contribution in [3.05, 3.63) is 66.9 Å². The van der Waals surface area contributed by atoms with Gasteiger partial charge in [0.1, 0.15) is 0 Å². The summed E-state index contributed by atoms with van der Waals surface area (Å²) < 4.78 is 2.08. The van der Waals surface area contributed by atoms with Crippen molar-refractivity contribution in [2.45, 2.75) is 24.4 Å². The molecule has 3 aromatic rings. The number of hydrogen-bond acceptors (Lipinski definition) is 3. The number of hydrogen-bond donors (Lipinski definition) is 0. The topological polar surface area (TPSA) is 38.1 Å². The zero-order chi connectivity index (χ0) is 18.5. The third kappa shape index (κ3) is 4.25. The highest BCUT2D eigenvalue weighted by atomic mass is 32.2. The number of carbonyl (C=O) groups excluding carboxylic acids is 1. The first-order valence-electron chi connectivity index (χ1n) is 9.42. The molecule has 0 aliphatic carbocycles. The highest BCUT2D eigenvalue weighted by molar-refractivity contribution is 7.99. The van der Waals surface area contributed by atoms with Gasteiger partial charge in [0, 0.05) is 30.5 Å². The lowest BCUT2D eigenvalue weighted by Crippen LogP contribution is -2.36. The fourth-order valence-corrected chi connectivity index (χ4v) is 4.24. The third-order valence-corrected chi connectivity index (χ3v) is 5.75. The van der Waals surface area contributed by atoms with Gasteiger partial charge in [0.2, 0.25) is 5.91 Å². The number of thioether (sulfide) groups is 1. The van der Waals surface area contributed by atoms with Crippen LogP contribution >= 0.6 is 11.8 Å². The molecule has 4 nitrogen and oxygen atoms in total. The number of aromatic nitrogens is 2. The van der Waals surface area contributed by atoms with Crippen molar-refractivity contribution in [1.82, 2.24) is 14.5 Å². The highest BCUT2D eigenvalue weighted by Crippen LogP contribution is 2.27. The van der Waals surface area contributed by atoms with Gasteiger partial charge in [0.05, 0.1) is 11.4 Å². The molecule has 0 spiro atoms. The van der Waals surface area contributed by atoms with Crippen molar-refractivity contribution in [3.63, 3.8) is 0 Å². The van der Waals surface area contributed by atoms with E-state index >= 15 is 0 Å². The van der Waals surface area contributed by atoms with E-state index in [-0.39, 0.29) is 5.91 Å². The average molecular weight is 378 g/mol. The predicted molar refractivity (Wildman–Crippen MR) is 110 cm³/mol. The van der Waals surface area contributed by atoms with E-state index in [0.29, 0.717) is 5.75 Å². The van der Waals surface area contributed by atoms with Crippen LogP contribution in [-0.4, -0.2) is 39.2 Å². The van der Waals surface area contributed by atoms with Crippen LogP contribution in [0, 0.1) is 0 Å². The van der Waals surface area contributed by atoms with Gasteiger partial charge >= 0.3 is 0 Å². The van der Waals surface area contributed by atoms with Crippen LogP contribution in [0.1, 0.15) is 19.3 Å². The minimum absolute atomic E-state index is 0.212. The number of nitrogens with zero attached hydrogens (tertiary/aromatic N) is 3. The number of likely N-dealkylation sites (tertiary alicyclic amines) is 1. The van der Waals surface area contributed by atoms with Crippen LogP contribution in [0.3, 0.4) is 0 Å². The highest BCUT2D eigenvalue weighted by Gasteiger charge is 2.18. The minimum atomic E-state index is 0.212. The fraction of sp³-hybridized carbons (Fsp3) is 0.273. The van der Waals surface area contributed by atoms with Gasteiger partial charge in [-0.05, 0) is 31.4 Å². The van der Waals surface area contributed by atoms with Crippen molar-refractivity contribution in [2.24, 2.45) is 0 Å². The number of amides is 1. The molecule has 138 valence electrons. The Morgan fingerprint density at radius 2 is 1.59 bits per heavy atom. The summed E-state index contributed by atoms with van der Waals surface area (Å²) in [5.74, 6) is 0.640. The van der Waals surface area contributed by atoms with Crippen LogP contribution in [0.15, 0.2) is 72.0 Å². The van der Waals surface area contributed by atoms with Crippen LogP contribution in [0.4, 0.5) is 0 Å². The van der Waals surface area contributed by atoms with Gasteiger partial charge in [0.25, 0.3) is 0 Å². The molecule has 0 unspecified atom stereocenters. The van der Waals surface area contributed by atoms with Crippen molar-refractivity contribution < 1.29 is 4.79 Å². The SMILES string of the molecule is O=C(CSc1nc(-c2ccccc2)cn1-c1ccccc1)N1CCCCC1. The maximum atomic E-state index is 12.6. The summed E-state index contributed by atoms with van der Waals surface area (Å²) in [5.41, 5.74) is 3.06. The summed E-state index contributed by atoms with van der Waals surface area (Å²) >= 11 is 1.52. The van der Waals surface area contributed by atoms with Crippen LogP contribution in [-0.2, 0) is 4.79 Å². The second-order valence-electron chi connectivity index (χ2n) is 6.71. The maximum absolute atomic E-state index is 12.6. The molecule has 2 aromatic carbocycles. The smallest absolute Gasteiger partial charge is 0.233 e. The standard InChI is InChI=1S/C22H23N3OS/c26-21(24-14-8-3-9-15-24)17-27-22-23-20(18-10-4-1-5-11-18)16-25(22)19-12-6-2-7-13-19/h1-2,4-7,10-13,16H,3,8-9,14-15,17H2. The van der Waals surface area contributed by atoms with E-state index in [1.54, 1.807) is 0 Å². The predicted octanol–water partition coefficient (Wildman–Crippen LogP) is 4.64. The average Bonchev–Trinajstić information content (AvgIpc) is 3.18. The molecule has 1 aliphatic rings. The Morgan fingerprint density at radius 3 is 2.30 bits per heavy atom. The molecule has 1 amide bonds. The zero-order valence-corrected chi connectivity index (χ0v) is 16.1. The van der Waals surface area contributed by atoms with E-state index in [9.17, 15) is 4.79 Å². The normalized spacial score (nSPS) is 14.3. The number of imidazole rings is 1. The summed E-state index contributed by atoms with van der Waals surface area (Å²) in [7, 11) is 0. The molecule has 1 fully saturated rings. The lowest BCUT2D eigenvalue weighted by molar-refractivity contribution is -0.129. The molecule has 1 aliphatic heterocycles. The van der Waals surface area contributed by atoms with Crippen molar-refractivity contribution in [2.75, 3.05) is 18.8 Å². The van der Waals surface area contributed by atoms with E-state index in [1.807, 2.05) is 41.3 Å². The summed E-state index contributed by atoms with van der Waals surface area (Å²) in [6.07, 6.45) is 5.52. The van der Waals surface area contributed by atoms with E-state index in [2.05, 4.69) is 35.0 Å². The number of carbonyl (C=O) groups is 1. The number of piperidine rings is 1. The Balaban J connectivity index is 1.58. The molecule has 4 rings (SSSR count). The number of rotatable bonds is 5. The third-order valence-electron chi connectivity index (χ3n) is 4.81. The Kier molecular flexibility index (Phi) is 5.58. The van der Waals surface area contributed by atoms with Gasteiger partial charge in [-0.15, -0.1) is 0 Å². The largest absolute Gasteiger partial charge is 0.342 e. The second-order valence-corrected chi connectivity index (χ2v) is 7.65. The molecule has 1 saturated heterocycles. The fourth-order valence-electron chi connectivity index (χ4n) is 3.35. The van der Waals surface area contributed by atoms with E-state index in [4.69, 9.17) is 4.98 Å².